The fourth-order valence-corrected chi connectivity index (χ4v) is 4.96. The highest BCUT2D eigenvalue weighted by Crippen LogP contribution is 2.31. The van der Waals surface area contributed by atoms with Crippen molar-refractivity contribution in [2.75, 3.05) is 6.61 Å². The first-order valence-corrected chi connectivity index (χ1v) is 11.8. The Morgan fingerprint density at radius 3 is 2.57 bits per heavy atom. The molecule has 1 aliphatic heterocycles. The van der Waals surface area contributed by atoms with Crippen molar-refractivity contribution < 1.29 is 19.1 Å². The Bertz CT molecular complexity index is 1530. The molecule has 0 fully saturated rings. The minimum atomic E-state index is -0.789. The van der Waals surface area contributed by atoms with Crippen LogP contribution in [0.4, 0.5) is 0 Å². The molecular formula is C26H21ClN2O5S. The molecule has 4 rings (SSSR count). The molecule has 0 saturated carbocycles. The zero-order chi connectivity index (χ0) is 25.1. The van der Waals surface area contributed by atoms with Crippen molar-refractivity contribution in [2.45, 2.75) is 19.9 Å². The van der Waals surface area contributed by atoms with Gasteiger partial charge in [-0.15, -0.1) is 0 Å². The molecule has 0 saturated heterocycles. The molecule has 0 N–H and O–H groups in total. The average molecular weight is 509 g/mol. The van der Waals surface area contributed by atoms with Crippen LogP contribution in [0.15, 0.2) is 82.2 Å². The number of halogens is 1. The number of carbonyl (C=O) groups is 2. The van der Waals surface area contributed by atoms with Gasteiger partial charge >= 0.3 is 11.9 Å². The molecule has 0 aliphatic carbocycles. The lowest BCUT2D eigenvalue weighted by atomic mass is 9.96. The van der Waals surface area contributed by atoms with Crippen molar-refractivity contribution in [3.05, 3.63) is 108 Å². The van der Waals surface area contributed by atoms with Crippen molar-refractivity contribution >= 4 is 41.0 Å². The van der Waals surface area contributed by atoms with Gasteiger partial charge in [0, 0.05) is 11.9 Å². The summed E-state index contributed by atoms with van der Waals surface area (Å²) < 4.78 is 12.3. The Morgan fingerprint density at radius 1 is 1.20 bits per heavy atom. The van der Waals surface area contributed by atoms with E-state index in [0.29, 0.717) is 36.9 Å². The monoisotopic (exact) mass is 508 g/mol. The van der Waals surface area contributed by atoms with Crippen LogP contribution in [0.3, 0.4) is 0 Å². The maximum atomic E-state index is 13.6. The summed E-state index contributed by atoms with van der Waals surface area (Å²) in [5.41, 5.74) is 1.70. The standard InChI is InChI=1S/C26H21ClN2O5S/c1-4-13-33-25(32)22-15(2)28-26-29(23(22)17-9-11-19(12-10-17)34-16(3)30)24(31)21(35-26)14-18-7-5-6-8-20(18)27/h4-12,14,23H,1,13H2,2-3H3/b21-14-/t23-/m1/s1. The van der Waals surface area contributed by atoms with E-state index in [1.165, 1.54) is 28.9 Å². The summed E-state index contributed by atoms with van der Waals surface area (Å²) in [4.78, 5) is 42.9. The molecule has 0 bridgehead atoms. The Kier molecular flexibility index (Phi) is 7.14. The van der Waals surface area contributed by atoms with Gasteiger partial charge in [0.25, 0.3) is 5.56 Å². The van der Waals surface area contributed by atoms with Crippen LogP contribution < -0.4 is 19.6 Å². The summed E-state index contributed by atoms with van der Waals surface area (Å²) in [6.45, 7) is 6.61. The maximum Gasteiger partial charge on any atom is 0.338 e. The third kappa shape index (κ3) is 5.03. The number of ether oxygens (including phenoxy) is 2. The van der Waals surface area contributed by atoms with Gasteiger partial charge in [-0.3, -0.25) is 14.2 Å². The Morgan fingerprint density at radius 2 is 1.91 bits per heavy atom. The average Bonchev–Trinajstić information content (AvgIpc) is 3.12. The second-order valence-electron chi connectivity index (χ2n) is 7.65. The molecule has 1 aromatic heterocycles. The Balaban J connectivity index is 1.91. The fourth-order valence-electron chi connectivity index (χ4n) is 3.73. The van der Waals surface area contributed by atoms with Crippen molar-refractivity contribution in [1.82, 2.24) is 4.57 Å². The number of hydrogen-bond acceptors (Lipinski definition) is 7. The van der Waals surface area contributed by atoms with Gasteiger partial charge in [0.05, 0.1) is 21.8 Å². The zero-order valence-corrected chi connectivity index (χ0v) is 20.6. The third-order valence-corrected chi connectivity index (χ3v) is 6.55. The van der Waals surface area contributed by atoms with Gasteiger partial charge in [-0.05, 0) is 42.3 Å². The van der Waals surface area contributed by atoms with Crippen LogP contribution >= 0.6 is 22.9 Å². The van der Waals surface area contributed by atoms with E-state index in [9.17, 15) is 14.4 Å². The predicted molar refractivity (Wildman–Crippen MR) is 134 cm³/mol. The smallest absolute Gasteiger partial charge is 0.338 e. The molecule has 0 radical (unpaired) electrons. The van der Waals surface area contributed by atoms with E-state index >= 15 is 0 Å². The van der Waals surface area contributed by atoms with Gasteiger partial charge in [-0.1, -0.05) is 65.9 Å². The van der Waals surface area contributed by atoms with E-state index in [1.807, 2.05) is 18.2 Å². The number of esters is 2. The van der Waals surface area contributed by atoms with E-state index in [4.69, 9.17) is 21.1 Å². The Hall–Kier alpha value is -3.75. The third-order valence-electron chi connectivity index (χ3n) is 5.22. The van der Waals surface area contributed by atoms with E-state index in [0.717, 1.165) is 0 Å². The van der Waals surface area contributed by atoms with Gasteiger partial charge in [0.15, 0.2) is 4.80 Å². The number of rotatable bonds is 6. The zero-order valence-electron chi connectivity index (χ0n) is 19.0. The number of fused-ring (bicyclic) bond motifs is 1. The van der Waals surface area contributed by atoms with Gasteiger partial charge in [0.2, 0.25) is 0 Å². The number of allylic oxidation sites excluding steroid dienone is 1. The minimum Gasteiger partial charge on any atom is -0.458 e. The van der Waals surface area contributed by atoms with E-state index < -0.39 is 18.0 Å². The molecule has 0 unspecified atom stereocenters. The maximum absolute atomic E-state index is 13.6. The van der Waals surface area contributed by atoms with Crippen LogP contribution in [0.1, 0.15) is 31.0 Å². The van der Waals surface area contributed by atoms with Gasteiger partial charge in [0.1, 0.15) is 12.4 Å². The highest BCUT2D eigenvalue weighted by molar-refractivity contribution is 7.07. The van der Waals surface area contributed by atoms with Gasteiger partial charge in [-0.2, -0.15) is 0 Å². The summed E-state index contributed by atoms with van der Waals surface area (Å²) in [5.74, 6) is -0.695. The summed E-state index contributed by atoms with van der Waals surface area (Å²) in [6.07, 6.45) is 3.18. The Labute approximate surface area is 209 Å². The quantitative estimate of drug-likeness (QED) is 0.289. The number of benzene rings is 2. The van der Waals surface area contributed by atoms with E-state index in [1.54, 1.807) is 43.3 Å². The van der Waals surface area contributed by atoms with Crippen molar-refractivity contribution in [3.63, 3.8) is 0 Å². The van der Waals surface area contributed by atoms with Gasteiger partial charge < -0.3 is 9.47 Å². The molecule has 0 amide bonds. The molecule has 2 heterocycles. The summed E-state index contributed by atoms with van der Waals surface area (Å²) in [5, 5.41) is 0.515. The normalized spacial score (nSPS) is 15.3. The topological polar surface area (TPSA) is 87.0 Å². The highest BCUT2D eigenvalue weighted by Gasteiger charge is 2.33. The summed E-state index contributed by atoms with van der Waals surface area (Å²) >= 11 is 7.50. The first-order chi connectivity index (χ1) is 16.8. The minimum absolute atomic E-state index is 0.0185. The molecular weight excluding hydrogens is 488 g/mol. The van der Waals surface area contributed by atoms with Crippen LogP contribution in [-0.4, -0.2) is 23.1 Å². The van der Waals surface area contributed by atoms with Crippen LogP contribution in [0.2, 0.25) is 5.02 Å². The second-order valence-corrected chi connectivity index (χ2v) is 9.07. The largest absolute Gasteiger partial charge is 0.458 e. The van der Waals surface area contributed by atoms with Crippen molar-refractivity contribution in [3.8, 4) is 5.75 Å². The molecule has 9 heteroatoms. The summed E-state index contributed by atoms with van der Waals surface area (Å²) in [7, 11) is 0. The van der Waals surface area contributed by atoms with Crippen LogP contribution in [0, 0.1) is 0 Å². The van der Waals surface area contributed by atoms with Crippen LogP contribution in [0.25, 0.3) is 6.08 Å². The number of aromatic nitrogens is 1. The first kappa shape index (κ1) is 24.4. The van der Waals surface area contributed by atoms with Crippen molar-refractivity contribution in [1.29, 1.82) is 0 Å². The van der Waals surface area contributed by atoms with Gasteiger partial charge in [-0.25, -0.2) is 9.79 Å². The SMILES string of the molecule is C=CCOC(=O)C1=C(C)N=c2s/c(=C\c3ccccc3Cl)c(=O)n2[C@@H]1c1ccc(OC(C)=O)cc1. The predicted octanol–water partition coefficient (Wildman–Crippen LogP) is 3.54. The van der Waals surface area contributed by atoms with E-state index in [-0.39, 0.29) is 17.7 Å². The molecule has 2 aromatic carbocycles. The molecule has 1 aliphatic rings. The number of nitrogens with zero attached hydrogens (tertiary/aromatic N) is 2. The lowest BCUT2D eigenvalue weighted by molar-refractivity contribution is -0.138. The molecule has 1 atom stereocenters. The lowest BCUT2D eigenvalue weighted by Crippen LogP contribution is -2.39. The van der Waals surface area contributed by atoms with Crippen molar-refractivity contribution in [2.24, 2.45) is 4.99 Å². The highest BCUT2D eigenvalue weighted by atomic mass is 35.5. The molecule has 0 spiro atoms. The summed E-state index contributed by atoms with van der Waals surface area (Å²) in [6, 6.07) is 13.0. The molecule has 35 heavy (non-hydrogen) atoms. The second kappa shape index (κ2) is 10.2. The number of hydrogen-bond donors (Lipinski definition) is 0. The number of thiazole rings is 1. The molecule has 7 nitrogen and oxygen atoms in total. The van der Waals surface area contributed by atoms with Crippen LogP contribution in [0.5, 0.6) is 5.75 Å². The molecule has 178 valence electrons. The lowest BCUT2D eigenvalue weighted by Gasteiger charge is -2.24. The first-order valence-electron chi connectivity index (χ1n) is 10.6. The van der Waals surface area contributed by atoms with Crippen LogP contribution in [-0.2, 0) is 14.3 Å². The van der Waals surface area contributed by atoms with E-state index in [2.05, 4.69) is 11.6 Å². The molecule has 3 aromatic rings. The fraction of sp³-hybridized carbons (Fsp3) is 0.154. The number of carbonyl (C=O) groups excluding carboxylic acids is 2.